The summed E-state index contributed by atoms with van der Waals surface area (Å²) < 4.78 is 27.0. The number of hydrazone groups is 1. The quantitative estimate of drug-likeness (QED) is 0.481. The normalized spacial score (nSPS) is 17.5. The van der Waals surface area contributed by atoms with Gasteiger partial charge < -0.3 is 22.1 Å². The summed E-state index contributed by atoms with van der Waals surface area (Å²) in [6.07, 6.45) is 4.78. The first-order valence-electron chi connectivity index (χ1n) is 9.50. The third kappa shape index (κ3) is 4.18. The number of anilines is 1. The van der Waals surface area contributed by atoms with Crippen molar-refractivity contribution in [3.8, 4) is 0 Å². The van der Waals surface area contributed by atoms with Gasteiger partial charge in [-0.05, 0) is 28.8 Å². The van der Waals surface area contributed by atoms with E-state index >= 15 is 0 Å². The summed E-state index contributed by atoms with van der Waals surface area (Å²) in [7, 11) is 0. The Morgan fingerprint density at radius 1 is 1.29 bits per heavy atom. The number of nitrogens with one attached hydrogen (secondary N) is 3. The van der Waals surface area contributed by atoms with Crippen LogP contribution in [0.4, 0.5) is 14.6 Å². The Labute approximate surface area is 177 Å². The molecule has 0 saturated heterocycles. The molecule has 4 rings (SSSR count). The predicted molar refractivity (Wildman–Crippen MR) is 114 cm³/mol. The highest BCUT2D eigenvalue weighted by molar-refractivity contribution is 6.02. The number of dihydropyridines is 1. The molecule has 0 aliphatic carbocycles. The second kappa shape index (κ2) is 7.71. The van der Waals surface area contributed by atoms with Gasteiger partial charge in [0.2, 0.25) is 0 Å². The van der Waals surface area contributed by atoms with Crippen molar-refractivity contribution in [2.24, 2.45) is 16.6 Å². The SMILES string of the molecule is CC(F)(F)c1cnc(NCc2ccc(C3=CNC4NN=C(N)C4=C3)cc2)c(C(N)=O)c1. The number of carbonyl (C=O) groups is 1. The van der Waals surface area contributed by atoms with Crippen molar-refractivity contribution in [2.45, 2.75) is 25.6 Å². The molecular weight excluding hydrogens is 404 g/mol. The van der Waals surface area contributed by atoms with Crippen molar-refractivity contribution in [1.82, 2.24) is 15.7 Å². The zero-order valence-electron chi connectivity index (χ0n) is 16.6. The summed E-state index contributed by atoms with van der Waals surface area (Å²) in [6.45, 7) is 1.07. The standard InChI is InChI=1S/C21H21F2N7O/c1-21(22,23)14-7-16(18(25)31)19(28-10-14)26-8-11-2-4-12(5-3-11)13-6-15-17(24)29-30-20(15)27-9-13/h2-7,9-10,20,27,30H,8H2,1H3,(H2,24,29)(H2,25,31)(H,26,28). The highest BCUT2D eigenvalue weighted by atomic mass is 19.3. The van der Waals surface area contributed by atoms with E-state index < -0.39 is 11.8 Å². The molecule has 0 saturated carbocycles. The number of amidine groups is 1. The van der Waals surface area contributed by atoms with Gasteiger partial charge in [-0.2, -0.15) is 5.10 Å². The van der Waals surface area contributed by atoms with Crippen molar-refractivity contribution < 1.29 is 13.6 Å². The first-order valence-corrected chi connectivity index (χ1v) is 9.50. The van der Waals surface area contributed by atoms with Crippen LogP contribution in [0.3, 0.4) is 0 Å². The first-order chi connectivity index (χ1) is 14.7. The number of hydrogen-bond donors (Lipinski definition) is 5. The van der Waals surface area contributed by atoms with E-state index in [4.69, 9.17) is 11.5 Å². The number of aromatic nitrogens is 1. The van der Waals surface area contributed by atoms with E-state index in [1.54, 1.807) is 0 Å². The largest absolute Gasteiger partial charge is 0.382 e. The average molecular weight is 425 g/mol. The molecule has 7 N–H and O–H groups in total. The monoisotopic (exact) mass is 425 g/mol. The minimum atomic E-state index is -3.12. The van der Waals surface area contributed by atoms with Crippen molar-refractivity contribution in [3.05, 3.63) is 76.6 Å². The van der Waals surface area contributed by atoms with Gasteiger partial charge in [0.15, 0.2) is 5.84 Å². The first kappa shape index (κ1) is 20.3. The van der Waals surface area contributed by atoms with E-state index in [1.807, 2.05) is 36.5 Å². The minimum absolute atomic E-state index is 0.0836. The van der Waals surface area contributed by atoms with Crippen molar-refractivity contribution in [3.63, 3.8) is 0 Å². The molecule has 1 amide bonds. The molecule has 3 heterocycles. The highest BCUT2D eigenvalue weighted by Crippen LogP contribution is 2.29. The topological polar surface area (TPSA) is 130 Å². The number of allylic oxidation sites excluding steroid dienone is 2. The number of rotatable bonds is 6. The van der Waals surface area contributed by atoms with E-state index in [0.29, 0.717) is 12.4 Å². The van der Waals surface area contributed by atoms with Gasteiger partial charge in [0.25, 0.3) is 11.8 Å². The Hall–Kier alpha value is -3.95. The lowest BCUT2D eigenvalue weighted by atomic mass is 9.99. The molecule has 1 unspecified atom stereocenters. The molecule has 0 fully saturated rings. The fraction of sp³-hybridized carbons (Fsp3) is 0.190. The van der Waals surface area contributed by atoms with Crippen LogP contribution in [-0.2, 0) is 12.5 Å². The fourth-order valence-electron chi connectivity index (χ4n) is 3.28. The maximum absolute atomic E-state index is 13.5. The molecule has 8 nitrogen and oxygen atoms in total. The second-order valence-corrected chi connectivity index (χ2v) is 7.35. The summed E-state index contributed by atoms with van der Waals surface area (Å²) in [6, 6.07) is 8.78. The number of nitrogens with two attached hydrogens (primary N) is 2. The van der Waals surface area contributed by atoms with Crippen LogP contribution in [0.25, 0.3) is 5.57 Å². The zero-order valence-corrected chi connectivity index (χ0v) is 16.6. The molecule has 160 valence electrons. The molecule has 31 heavy (non-hydrogen) atoms. The molecule has 2 aliphatic rings. The summed E-state index contributed by atoms with van der Waals surface area (Å²) in [4.78, 5) is 15.7. The van der Waals surface area contributed by atoms with E-state index in [-0.39, 0.29) is 23.1 Å². The smallest absolute Gasteiger partial charge is 0.272 e. The minimum Gasteiger partial charge on any atom is -0.382 e. The van der Waals surface area contributed by atoms with Crippen LogP contribution < -0.4 is 27.5 Å². The third-order valence-corrected chi connectivity index (χ3v) is 5.04. The van der Waals surface area contributed by atoms with Gasteiger partial charge in [-0.15, -0.1) is 0 Å². The van der Waals surface area contributed by atoms with Crippen LogP contribution in [-0.4, -0.2) is 22.9 Å². The lowest BCUT2D eigenvalue weighted by Crippen LogP contribution is -2.37. The Morgan fingerprint density at radius 2 is 2.03 bits per heavy atom. The molecular formula is C21H21F2N7O. The number of benzene rings is 1. The van der Waals surface area contributed by atoms with Crippen molar-refractivity contribution >= 4 is 23.1 Å². The van der Waals surface area contributed by atoms with E-state index in [2.05, 4.69) is 26.1 Å². The predicted octanol–water partition coefficient (Wildman–Crippen LogP) is 1.98. The van der Waals surface area contributed by atoms with E-state index in [0.717, 1.165) is 41.5 Å². The fourth-order valence-corrected chi connectivity index (χ4v) is 3.28. The average Bonchev–Trinajstić information content (AvgIpc) is 3.12. The second-order valence-electron chi connectivity index (χ2n) is 7.35. The number of fused-ring (bicyclic) bond motifs is 1. The molecule has 1 aromatic carbocycles. The Kier molecular flexibility index (Phi) is 5.05. The van der Waals surface area contributed by atoms with Gasteiger partial charge in [-0.1, -0.05) is 24.3 Å². The summed E-state index contributed by atoms with van der Waals surface area (Å²) >= 11 is 0. The Bertz CT molecular complexity index is 1120. The molecule has 2 aliphatic heterocycles. The number of pyridine rings is 1. The summed E-state index contributed by atoms with van der Waals surface area (Å²) in [5.74, 6) is -3.34. The molecule has 1 aromatic heterocycles. The third-order valence-electron chi connectivity index (χ3n) is 5.04. The molecule has 2 aromatic rings. The van der Waals surface area contributed by atoms with Crippen LogP contribution in [0.1, 0.15) is 34.0 Å². The number of nitrogens with zero attached hydrogens (tertiary/aromatic N) is 2. The van der Waals surface area contributed by atoms with Crippen LogP contribution in [0.5, 0.6) is 0 Å². The van der Waals surface area contributed by atoms with Crippen LogP contribution in [0.2, 0.25) is 0 Å². The highest BCUT2D eigenvalue weighted by Gasteiger charge is 2.27. The zero-order chi connectivity index (χ0) is 22.2. The lowest BCUT2D eigenvalue weighted by Gasteiger charge is -2.19. The maximum Gasteiger partial charge on any atom is 0.272 e. The van der Waals surface area contributed by atoms with E-state index in [1.165, 1.54) is 0 Å². The molecule has 1 atom stereocenters. The van der Waals surface area contributed by atoms with Gasteiger partial charge in [-0.25, -0.2) is 13.8 Å². The molecule has 10 heteroatoms. The van der Waals surface area contributed by atoms with Crippen LogP contribution >= 0.6 is 0 Å². The summed E-state index contributed by atoms with van der Waals surface area (Å²) in [5.41, 5.74) is 17.4. The Balaban J connectivity index is 1.47. The Morgan fingerprint density at radius 3 is 2.71 bits per heavy atom. The number of primary amides is 1. The lowest BCUT2D eigenvalue weighted by molar-refractivity contribution is 0.0171. The number of carbonyl (C=O) groups excluding carboxylic acids is 1. The van der Waals surface area contributed by atoms with Gasteiger partial charge in [-0.3, -0.25) is 10.2 Å². The van der Waals surface area contributed by atoms with Crippen LogP contribution in [0, 0.1) is 0 Å². The number of hydrogen-bond acceptors (Lipinski definition) is 7. The number of amides is 1. The number of halogens is 2. The van der Waals surface area contributed by atoms with Gasteiger partial charge in [0, 0.05) is 37.0 Å². The summed E-state index contributed by atoms with van der Waals surface area (Å²) in [5, 5.41) is 10.2. The van der Waals surface area contributed by atoms with Crippen molar-refractivity contribution in [2.75, 3.05) is 5.32 Å². The maximum atomic E-state index is 13.5. The molecule has 0 spiro atoms. The van der Waals surface area contributed by atoms with Gasteiger partial charge in [0.05, 0.1) is 5.56 Å². The van der Waals surface area contributed by atoms with Gasteiger partial charge in [0.1, 0.15) is 12.0 Å². The van der Waals surface area contributed by atoms with Crippen LogP contribution in [0.15, 0.2) is 59.5 Å². The number of alkyl halides is 2. The molecule has 0 radical (unpaired) electrons. The van der Waals surface area contributed by atoms with Crippen molar-refractivity contribution in [1.29, 1.82) is 0 Å². The molecule has 0 bridgehead atoms. The van der Waals surface area contributed by atoms with E-state index in [9.17, 15) is 13.6 Å². The van der Waals surface area contributed by atoms with Gasteiger partial charge >= 0.3 is 0 Å².